The average molecular weight is 1130 g/mol. The quantitative estimate of drug-likeness (QED) is 0.0198. The molecule has 8 N–H and O–H groups in total. The Morgan fingerprint density at radius 2 is 1.30 bits per heavy atom. The zero-order valence-corrected chi connectivity index (χ0v) is 45.9. The van der Waals surface area contributed by atoms with Crippen molar-refractivity contribution in [2.24, 2.45) is 5.92 Å². The molecule has 2 aliphatic rings. The predicted octanol–water partition coefficient (Wildman–Crippen LogP) is 8.07. The van der Waals surface area contributed by atoms with Gasteiger partial charge in [0.05, 0.1) is 12.0 Å². The molecular formula is C58H76BF2N7O13. The van der Waals surface area contributed by atoms with Gasteiger partial charge < -0.3 is 63.9 Å². The molecule has 0 saturated heterocycles. The highest BCUT2D eigenvalue weighted by Crippen LogP contribution is 2.34. The molecule has 3 aromatic rings. The van der Waals surface area contributed by atoms with Gasteiger partial charge in [0.25, 0.3) is 5.91 Å². The topological polar surface area (TPSA) is 295 Å². The number of allylic oxidation sites excluding steroid dienone is 2. The first-order valence-electron chi connectivity index (χ1n) is 28.0. The molecule has 3 atom stereocenters. The van der Waals surface area contributed by atoms with Crippen LogP contribution in [0.5, 0.6) is 5.75 Å². The molecule has 5 rings (SSSR count). The molecule has 0 spiro atoms. The van der Waals surface area contributed by atoms with Crippen molar-refractivity contribution in [3.8, 4) is 5.75 Å². The zero-order chi connectivity index (χ0) is 58.7. The maximum atomic E-state index is 16.1. The van der Waals surface area contributed by atoms with Crippen molar-refractivity contribution in [3.63, 3.8) is 0 Å². The second-order valence-electron chi connectivity index (χ2n) is 20.5. The summed E-state index contributed by atoms with van der Waals surface area (Å²) in [6.07, 6.45) is 18.8. The van der Waals surface area contributed by atoms with Crippen molar-refractivity contribution in [3.05, 3.63) is 95.2 Å². The summed E-state index contributed by atoms with van der Waals surface area (Å²) in [5.74, 6) is -4.68. The third-order valence-corrected chi connectivity index (χ3v) is 14.1. The molecule has 0 saturated carbocycles. The number of hydrogen-bond acceptors (Lipinski definition) is 10. The molecule has 23 heteroatoms. The van der Waals surface area contributed by atoms with Crippen molar-refractivity contribution in [1.29, 1.82) is 0 Å². The Labute approximate surface area is 470 Å². The van der Waals surface area contributed by atoms with Gasteiger partial charge in [-0.2, -0.15) is 0 Å². The number of nitrogens with zero attached hydrogens (tertiary/aromatic N) is 2. The van der Waals surface area contributed by atoms with Crippen LogP contribution in [0, 0.1) is 5.92 Å². The first-order valence-corrected chi connectivity index (χ1v) is 28.0. The van der Waals surface area contributed by atoms with E-state index in [-0.39, 0.29) is 68.5 Å². The van der Waals surface area contributed by atoms with Gasteiger partial charge >= 0.3 is 30.9 Å². The standard InChI is InChI=1S/C58H76BF2N7O13/c1-40(69)49(31-33-55(74)75)65-58(80)66-51(57(78)79)19-11-13-35-63-53(72)21-10-3-2-7-18-47(71)37-42(56(76)77)15-6-4-8-16-46(70)17-9-5-12-34-64-54(73)39-81-48-29-23-41(24-30-48)22-25-43-26-27-44-38-45-28-32-52(50-20-14-36-62-50)68(45)59(60,61)67(43)44/h14,20,22-30,32,36,38,42,49,51,62H,2-13,15-19,21,31,33-35,37,39H2,1H3,(H,63,72)(H,64,73)(H,74,75)(H,76,77)(H,78,79)(H2,65,66,80)/b25-22-/t42?,49-,51-/m0/s1. The minimum atomic E-state index is -4.18. The number of aromatic nitrogens is 2. The van der Waals surface area contributed by atoms with E-state index in [4.69, 9.17) is 9.84 Å². The minimum absolute atomic E-state index is 0.0523. The number of carbonyl (C=O) groups is 9. The number of urea groups is 1. The summed E-state index contributed by atoms with van der Waals surface area (Å²) in [6.45, 7) is -2.44. The van der Waals surface area contributed by atoms with E-state index < -0.39 is 54.7 Å². The lowest BCUT2D eigenvalue weighted by atomic mass is 9.90. The Balaban J connectivity index is 0.829. The zero-order valence-electron chi connectivity index (χ0n) is 45.9. The predicted molar refractivity (Wildman–Crippen MR) is 300 cm³/mol. The number of Topliss-reactive ketones (excluding diaryl/α,β-unsaturated/α-hetero) is 3. The second kappa shape index (κ2) is 32.9. The van der Waals surface area contributed by atoms with E-state index in [9.17, 15) is 53.4 Å². The molecule has 2 aromatic heterocycles. The average Bonchev–Trinajstić information content (AvgIpc) is 4.31. The highest BCUT2D eigenvalue weighted by molar-refractivity contribution is 6.58. The number of nitrogens with one attached hydrogen (secondary N) is 5. The summed E-state index contributed by atoms with van der Waals surface area (Å²) in [7, 11) is 0. The highest BCUT2D eigenvalue weighted by Gasteiger charge is 2.52. The van der Waals surface area contributed by atoms with Gasteiger partial charge in [0, 0.05) is 87.4 Å². The van der Waals surface area contributed by atoms with Crippen molar-refractivity contribution < 1.29 is 76.3 Å². The number of ether oxygens (including phenoxy) is 1. The van der Waals surface area contributed by atoms with Crippen LogP contribution in [0.2, 0.25) is 0 Å². The van der Waals surface area contributed by atoms with Crippen LogP contribution >= 0.6 is 0 Å². The summed E-state index contributed by atoms with van der Waals surface area (Å²) in [5.41, 5.74) is 2.96. The molecule has 0 aliphatic carbocycles. The van der Waals surface area contributed by atoms with E-state index in [2.05, 4.69) is 26.3 Å². The fourth-order valence-electron chi connectivity index (χ4n) is 9.62. The first kappa shape index (κ1) is 63.9. The van der Waals surface area contributed by atoms with Crippen LogP contribution in [0.25, 0.3) is 18.2 Å². The number of fused-ring (bicyclic) bond motifs is 2. The van der Waals surface area contributed by atoms with Gasteiger partial charge in [-0.1, -0.05) is 50.3 Å². The number of amides is 4. The smallest absolute Gasteiger partial charge is 0.484 e. The molecule has 0 bridgehead atoms. The van der Waals surface area contributed by atoms with Gasteiger partial charge in [0.2, 0.25) is 5.91 Å². The lowest BCUT2D eigenvalue weighted by Crippen LogP contribution is -2.50. The molecule has 1 aromatic carbocycles. The molecule has 4 heterocycles. The van der Waals surface area contributed by atoms with Gasteiger partial charge in [0.15, 0.2) is 23.8 Å². The number of aliphatic carboxylic acids is 3. The van der Waals surface area contributed by atoms with Crippen molar-refractivity contribution in [2.75, 3.05) is 19.7 Å². The van der Waals surface area contributed by atoms with Gasteiger partial charge in [-0.05, 0) is 119 Å². The number of benzene rings is 1. The minimum Gasteiger partial charge on any atom is -0.484 e. The van der Waals surface area contributed by atoms with Crippen LogP contribution in [-0.4, -0.2) is 127 Å². The lowest BCUT2D eigenvalue weighted by molar-refractivity contribution is -0.360. The first-order chi connectivity index (χ1) is 38.8. The molecule has 0 radical (unpaired) electrons. The molecule has 0 fully saturated rings. The van der Waals surface area contributed by atoms with Gasteiger partial charge in [0.1, 0.15) is 29.1 Å². The number of carboxylic acids is 3. The summed E-state index contributed by atoms with van der Waals surface area (Å²) in [4.78, 5) is 111. The Morgan fingerprint density at radius 1 is 0.667 bits per heavy atom. The Kier molecular flexibility index (Phi) is 26.0. The molecule has 20 nitrogen and oxygen atoms in total. The maximum absolute atomic E-state index is 16.1. The summed E-state index contributed by atoms with van der Waals surface area (Å²) in [6, 6.07) is 10.6. The lowest BCUT2D eigenvalue weighted by Gasteiger charge is -2.30. The van der Waals surface area contributed by atoms with Gasteiger partial charge in [-0.3, -0.25) is 33.6 Å². The number of hydrogen-bond donors (Lipinski definition) is 8. The van der Waals surface area contributed by atoms with Crippen LogP contribution in [0.15, 0.2) is 72.6 Å². The fourth-order valence-corrected chi connectivity index (χ4v) is 9.62. The third-order valence-electron chi connectivity index (χ3n) is 14.1. The van der Waals surface area contributed by atoms with E-state index in [0.29, 0.717) is 137 Å². The van der Waals surface area contributed by atoms with Crippen LogP contribution in [-0.2, 0) is 38.4 Å². The number of ketones is 3. The van der Waals surface area contributed by atoms with Gasteiger partial charge in [-0.25, -0.2) is 9.59 Å². The summed E-state index contributed by atoms with van der Waals surface area (Å²) >= 11 is 0. The van der Waals surface area contributed by atoms with Gasteiger partial charge in [-0.15, -0.1) is 0 Å². The normalized spacial score (nSPS) is 14.3. The second-order valence-corrected chi connectivity index (χ2v) is 20.5. The number of halogens is 2. The van der Waals surface area contributed by atoms with Crippen LogP contribution in [0.4, 0.5) is 13.4 Å². The highest BCUT2D eigenvalue weighted by atomic mass is 19.2. The summed E-state index contributed by atoms with van der Waals surface area (Å²) in [5, 5.41) is 38.2. The molecule has 4 amide bonds. The molecule has 2 aliphatic heterocycles. The Morgan fingerprint density at radius 3 is 1.95 bits per heavy atom. The van der Waals surface area contributed by atoms with Crippen molar-refractivity contribution >= 4 is 84.0 Å². The van der Waals surface area contributed by atoms with Crippen LogP contribution in [0.1, 0.15) is 164 Å². The Hall–Kier alpha value is -7.98. The fraction of sp³-hybridized carbons (Fsp3) is 0.483. The number of rotatable bonds is 40. The maximum Gasteiger partial charge on any atom is 0.737 e. The Bertz CT molecular complexity index is 2790. The van der Waals surface area contributed by atoms with E-state index >= 15 is 8.63 Å². The van der Waals surface area contributed by atoms with Crippen molar-refractivity contribution in [2.45, 2.75) is 154 Å². The number of carbonyl (C=O) groups excluding carboxylic acids is 6. The van der Waals surface area contributed by atoms with Crippen molar-refractivity contribution in [1.82, 2.24) is 30.7 Å². The van der Waals surface area contributed by atoms with E-state index in [0.717, 1.165) is 20.9 Å². The number of aromatic amines is 1. The molecule has 1 unspecified atom stereocenters. The van der Waals surface area contributed by atoms with E-state index in [1.807, 2.05) is 0 Å². The largest absolute Gasteiger partial charge is 0.737 e. The van der Waals surface area contributed by atoms with Crippen LogP contribution < -0.4 is 26.0 Å². The third kappa shape index (κ3) is 21.5. The van der Waals surface area contributed by atoms with E-state index in [1.54, 1.807) is 85.1 Å². The number of unbranched alkanes of at least 4 members (excludes halogenated alkanes) is 8. The van der Waals surface area contributed by atoms with Crippen LogP contribution in [0.3, 0.4) is 0 Å². The SMILES string of the molecule is CC(=O)[C@H](CCC(=O)O)NC(=O)N[C@@H](CCCCNC(=O)CCCCCCC(=O)CC(CCCCCC(=O)CCCCCNC(=O)COc1ccc(/C=C\c2ccc3n2[B-](F)(F)[N+]2=C(c4ccc[nH]4)C=CC2=C3)cc1)C(=O)O)C(=O)O. The molecule has 81 heavy (non-hydrogen) atoms. The van der Waals surface area contributed by atoms with E-state index in [1.165, 1.54) is 6.92 Å². The monoisotopic (exact) mass is 1130 g/mol. The molecular weight excluding hydrogens is 1050 g/mol. The number of H-pyrrole nitrogens is 1. The summed E-state index contributed by atoms with van der Waals surface area (Å²) < 4.78 is 40.0. The number of carboxylic acid groups (broad SMARTS) is 3. The molecule has 438 valence electrons.